The maximum Gasteiger partial charge on any atom is 0.255 e. The van der Waals surface area contributed by atoms with Crippen LogP contribution >= 0.6 is 11.6 Å². The number of hydrogen-bond donors (Lipinski definition) is 1. The van der Waals surface area contributed by atoms with Gasteiger partial charge < -0.3 is 5.32 Å². The lowest BCUT2D eigenvalue weighted by atomic mass is 10.0. The Balaban J connectivity index is 1.97. The van der Waals surface area contributed by atoms with Gasteiger partial charge in [-0.05, 0) is 50.1 Å². The Morgan fingerprint density at radius 2 is 1.96 bits per heavy atom. The number of nitrogens with one attached hydrogen (secondary N) is 1. The summed E-state index contributed by atoms with van der Waals surface area (Å²) in [6.07, 6.45) is 2.37. The highest BCUT2D eigenvalue weighted by atomic mass is 35.5. The first-order valence-corrected chi connectivity index (χ1v) is 9.68. The predicted molar refractivity (Wildman–Crippen MR) is 110 cm³/mol. The van der Waals surface area contributed by atoms with Gasteiger partial charge in [0.1, 0.15) is 11.5 Å². The number of nitrogens with zero attached hydrogens (tertiary/aromatic N) is 2. The number of halogens is 2. The van der Waals surface area contributed by atoms with Gasteiger partial charge in [-0.3, -0.25) is 9.48 Å². The Morgan fingerprint density at radius 3 is 2.61 bits per heavy atom. The molecule has 0 saturated heterocycles. The highest BCUT2D eigenvalue weighted by Crippen LogP contribution is 2.27. The fourth-order valence-electron chi connectivity index (χ4n) is 3.05. The fourth-order valence-corrected chi connectivity index (χ4v) is 3.25. The van der Waals surface area contributed by atoms with Crippen molar-refractivity contribution in [3.05, 3.63) is 76.7 Å². The van der Waals surface area contributed by atoms with Gasteiger partial charge in [0.15, 0.2) is 0 Å². The monoisotopic (exact) mass is 399 g/mol. The molecule has 2 aromatic carbocycles. The first kappa shape index (κ1) is 20.1. The van der Waals surface area contributed by atoms with Crippen LogP contribution in [0.2, 0.25) is 5.02 Å². The number of carbonyl (C=O) groups excluding carboxylic acids is 1. The smallest absolute Gasteiger partial charge is 0.255 e. The molecule has 0 radical (unpaired) electrons. The van der Waals surface area contributed by atoms with Crippen LogP contribution in [0.25, 0.3) is 11.3 Å². The lowest BCUT2D eigenvalue weighted by Gasteiger charge is -2.17. The highest BCUT2D eigenvalue weighted by Gasteiger charge is 2.23. The van der Waals surface area contributed by atoms with Crippen molar-refractivity contribution < 1.29 is 9.18 Å². The average molecular weight is 400 g/mol. The molecular formula is C22H23ClFN3O. The van der Waals surface area contributed by atoms with Crippen molar-refractivity contribution >= 4 is 17.5 Å². The molecule has 0 bridgehead atoms. The summed E-state index contributed by atoms with van der Waals surface area (Å²) in [6, 6.07) is 13.6. The lowest BCUT2D eigenvalue weighted by molar-refractivity contribution is 0.0936. The Hall–Kier alpha value is -2.66. The van der Waals surface area contributed by atoms with Gasteiger partial charge in [-0.15, -0.1) is 0 Å². The van der Waals surface area contributed by atoms with Crippen molar-refractivity contribution in [1.29, 1.82) is 0 Å². The molecule has 1 unspecified atom stereocenters. The van der Waals surface area contributed by atoms with Gasteiger partial charge in [-0.25, -0.2) is 4.39 Å². The van der Waals surface area contributed by atoms with Crippen molar-refractivity contribution in [2.75, 3.05) is 0 Å². The highest BCUT2D eigenvalue weighted by molar-refractivity contribution is 6.30. The molecule has 1 N–H and O–H groups in total. The van der Waals surface area contributed by atoms with Crippen LogP contribution in [0.5, 0.6) is 0 Å². The molecule has 1 amide bonds. The van der Waals surface area contributed by atoms with Crippen LogP contribution in [-0.2, 0) is 0 Å². The molecule has 0 fully saturated rings. The van der Waals surface area contributed by atoms with Gasteiger partial charge in [0.05, 0.1) is 11.6 Å². The molecule has 3 rings (SSSR count). The second kappa shape index (κ2) is 8.57. The summed E-state index contributed by atoms with van der Waals surface area (Å²) < 4.78 is 16.0. The zero-order valence-electron chi connectivity index (χ0n) is 16.1. The zero-order chi connectivity index (χ0) is 20.3. The van der Waals surface area contributed by atoms with E-state index in [-0.39, 0.29) is 18.0 Å². The van der Waals surface area contributed by atoms with E-state index in [9.17, 15) is 9.18 Å². The Bertz CT molecular complexity index is 983. The quantitative estimate of drug-likeness (QED) is 0.569. The van der Waals surface area contributed by atoms with E-state index < -0.39 is 5.82 Å². The van der Waals surface area contributed by atoms with Gasteiger partial charge in [0, 0.05) is 22.8 Å². The van der Waals surface area contributed by atoms with E-state index in [1.54, 1.807) is 35.1 Å². The van der Waals surface area contributed by atoms with Crippen LogP contribution in [0, 0.1) is 5.82 Å². The number of aromatic nitrogens is 2. The second-order valence-corrected chi connectivity index (χ2v) is 7.37. The third kappa shape index (κ3) is 4.25. The van der Waals surface area contributed by atoms with Gasteiger partial charge in [0.25, 0.3) is 5.91 Å². The topological polar surface area (TPSA) is 46.9 Å². The molecule has 6 heteroatoms. The minimum Gasteiger partial charge on any atom is -0.345 e. The largest absolute Gasteiger partial charge is 0.345 e. The van der Waals surface area contributed by atoms with E-state index in [0.29, 0.717) is 28.3 Å². The summed E-state index contributed by atoms with van der Waals surface area (Å²) in [5.41, 5.74) is 1.92. The molecular weight excluding hydrogens is 377 g/mol. The van der Waals surface area contributed by atoms with Crippen molar-refractivity contribution in [2.24, 2.45) is 0 Å². The summed E-state index contributed by atoms with van der Waals surface area (Å²) in [5, 5.41) is 8.13. The third-order valence-corrected chi connectivity index (χ3v) is 4.83. The van der Waals surface area contributed by atoms with Gasteiger partial charge in [0.2, 0.25) is 0 Å². The molecule has 1 atom stereocenters. The summed E-state index contributed by atoms with van der Waals surface area (Å²) in [7, 11) is 0. The molecule has 146 valence electrons. The van der Waals surface area contributed by atoms with E-state index >= 15 is 0 Å². The van der Waals surface area contributed by atoms with Crippen LogP contribution < -0.4 is 5.32 Å². The fraction of sp³-hybridized carbons (Fsp3) is 0.273. The third-order valence-electron chi connectivity index (χ3n) is 4.60. The van der Waals surface area contributed by atoms with Crippen molar-refractivity contribution in [3.63, 3.8) is 0 Å². The molecule has 0 aliphatic carbocycles. The zero-order valence-corrected chi connectivity index (χ0v) is 16.9. The minimum atomic E-state index is -0.410. The maximum atomic E-state index is 14.4. The van der Waals surface area contributed by atoms with E-state index in [2.05, 4.69) is 10.4 Å². The molecule has 0 aliphatic heterocycles. The molecule has 0 aliphatic rings. The van der Waals surface area contributed by atoms with E-state index in [1.165, 1.54) is 6.07 Å². The molecule has 0 spiro atoms. The van der Waals surface area contributed by atoms with Crippen LogP contribution in [0.1, 0.15) is 55.2 Å². The van der Waals surface area contributed by atoms with Gasteiger partial charge >= 0.3 is 0 Å². The normalized spacial score (nSPS) is 12.2. The van der Waals surface area contributed by atoms with Crippen molar-refractivity contribution in [2.45, 2.75) is 39.3 Å². The number of hydrogen-bond acceptors (Lipinski definition) is 2. The Kier molecular flexibility index (Phi) is 6.15. The van der Waals surface area contributed by atoms with Crippen molar-refractivity contribution in [3.8, 4) is 11.3 Å². The number of amides is 1. The van der Waals surface area contributed by atoms with Gasteiger partial charge in [-0.2, -0.15) is 5.10 Å². The molecule has 0 saturated carbocycles. The van der Waals surface area contributed by atoms with Crippen molar-refractivity contribution in [1.82, 2.24) is 15.1 Å². The second-order valence-electron chi connectivity index (χ2n) is 6.93. The molecule has 3 aromatic rings. The summed E-state index contributed by atoms with van der Waals surface area (Å²) in [6.45, 7) is 5.91. The number of benzene rings is 2. The minimum absolute atomic E-state index is 0.0435. The summed E-state index contributed by atoms with van der Waals surface area (Å²) in [4.78, 5) is 13.1. The number of carbonyl (C=O) groups is 1. The standard InChI is InChI=1S/C22H23ClFN3O/c1-4-20(15-8-7-9-16(23)12-15)25-22(28)18-13-27(14(2)3)26-21(18)17-10-5-6-11-19(17)24/h5-14,20H,4H2,1-3H3,(H,25,28). The first-order chi connectivity index (χ1) is 13.4. The van der Waals surface area contributed by atoms with Crippen LogP contribution in [-0.4, -0.2) is 15.7 Å². The van der Waals surface area contributed by atoms with Crippen LogP contribution in [0.3, 0.4) is 0 Å². The molecule has 4 nitrogen and oxygen atoms in total. The first-order valence-electron chi connectivity index (χ1n) is 9.31. The lowest BCUT2D eigenvalue weighted by Crippen LogP contribution is -2.28. The number of rotatable bonds is 6. The predicted octanol–water partition coefficient (Wildman–Crippen LogP) is 5.80. The SMILES string of the molecule is CCC(NC(=O)c1cn(C(C)C)nc1-c1ccccc1F)c1cccc(Cl)c1. The maximum absolute atomic E-state index is 14.4. The van der Waals surface area contributed by atoms with E-state index in [0.717, 1.165) is 5.56 Å². The van der Waals surface area contributed by atoms with Gasteiger partial charge in [-0.1, -0.05) is 42.8 Å². The molecule has 1 aromatic heterocycles. The summed E-state index contributed by atoms with van der Waals surface area (Å²) in [5.74, 6) is -0.704. The Labute approximate surface area is 169 Å². The molecule has 28 heavy (non-hydrogen) atoms. The van der Waals surface area contributed by atoms with Crippen LogP contribution in [0.4, 0.5) is 4.39 Å². The van der Waals surface area contributed by atoms with Crippen LogP contribution in [0.15, 0.2) is 54.7 Å². The average Bonchev–Trinajstić information content (AvgIpc) is 3.12. The Morgan fingerprint density at radius 1 is 1.21 bits per heavy atom. The molecule has 1 heterocycles. The van der Waals surface area contributed by atoms with E-state index in [4.69, 9.17) is 11.6 Å². The summed E-state index contributed by atoms with van der Waals surface area (Å²) >= 11 is 6.09. The van der Waals surface area contributed by atoms with E-state index in [1.807, 2.05) is 39.0 Å².